The highest BCUT2D eigenvalue weighted by Crippen LogP contribution is 2.50. The molecule has 3 aromatic heterocycles. The zero-order valence-corrected chi connectivity index (χ0v) is 35.9. The summed E-state index contributed by atoms with van der Waals surface area (Å²) in [7, 11) is 0. The first-order valence-corrected chi connectivity index (χ1v) is 23.3. The van der Waals surface area contributed by atoms with Crippen molar-refractivity contribution in [2.75, 3.05) is 4.90 Å². The first-order chi connectivity index (χ1) is 32.3. The molecule has 13 aromatic rings. The lowest BCUT2D eigenvalue weighted by molar-refractivity contribution is 1.17. The molecule has 0 unspecified atom stereocenters. The van der Waals surface area contributed by atoms with Crippen LogP contribution in [0.25, 0.3) is 97.4 Å². The number of nitrogens with zero attached hydrogens (tertiary/aromatic N) is 3. The average molecular weight is 842 g/mol. The Labute approximate surface area is 379 Å². The summed E-state index contributed by atoms with van der Waals surface area (Å²) in [4.78, 5) is 2.62. The van der Waals surface area contributed by atoms with E-state index < -0.39 is 0 Å². The van der Waals surface area contributed by atoms with Gasteiger partial charge in [-0.3, -0.25) is 0 Å². The van der Waals surface area contributed by atoms with Crippen LogP contribution in [0.1, 0.15) is 0 Å². The number of anilines is 3. The molecule has 15 rings (SSSR count). The molecular weight excluding hydrogens is 806 g/mol. The van der Waals surface area contributed by atoms with Crippen molar-refractivity contribution in [3.8, 4) is 33.6 Å². The van der Waals surface area contributed by atoms with E-state index in [0.717, 1.165) is 11.4 Å². The van der Waals surface area contributed by atoms with Crippen LogP contribution in [-0.2, 0) is 0 Å². The Kier molecular flexibility index (Phi) is 7.19. The van der Waals surface area contributed by atoms with Crippen molar-refractivity contribution < 1.29 is 0 Å². The molecule has 0 amide bonds. The molecule has 0 bridgehead atoms. The third kappa shape index (κ3) is 4.80. The standard InChI is InChI=1S/C60H36BN3S/c1-3-16-37(17-4-1)39-30-32-41(38-18-5-2-6-19-38)54(34-39)63-53-33-31-40(62-50-26-11-7-20-42(50)43-21-8-12-27-51(43)62)35-49(53)61-48-25-15-24-46-44-22-9-13-28-52(44)64(58(46)48)59-57(61)55(63)36-47-45-23-10-14-29-56(45)65-60(47)59/h1-36H. The van der Waals surface area contributed by atoms with Gasteiger partial charge in [-0.1, -0.05) is 164 Å². The Bertz CT molecular complexity index is 4090. The molecule has 0 aliphatic carbocycles. The normalized spacial score (nSPS) is 12.9. The third-order valence-corrected chi connectivity index (χ3v) is 15.5. The van der Waals surface area contributed by atoms with Gasteiger partial charge in [0.2, 0.25) is 0 Å². The second-order valence-electron chi connectivity index (χ2n) is 17.6. The average Bonchev–Trinajstić information content (AvgIpc) is 4.04. The molecule has 0 saturated heterocycles. The number of thiophene rings is 1. The van der Waals surface area contributed by atoms with Crippen molar-refractivity contribution in [2.24, 2.45) is 0 Å². The molecule has 0 atom stereocenters. The van der Waals surface area contributed by atoms with E-state index in [1.807, 2.05) is 11.3 Å². The Morgan fingerprint density at radius 1 is 0.369 bits per heavy atom. The van der Waals surface area contributed by atoms with Gasteiger partial charge in [0.05, 0.1) is 32.6 Å². The maximum atomic E-state index is 2.63. The van der Waals surface area contributed by atoms with E-state index in [4.69, 9.17) is 0 Å². The summed E-state index contributed by atoms with van der Waals surface area (Å²) in [5.74, 6) is 0. The van der Waals surface area contributed by atoms with Gasteiger partial charge in [0.1, 0.15) is 0 Å². The number of benzene rings is 10. The molecule has 0 saturated carbocycles. The molecule has 0 spiro atoms. The topological polar surface area (TPSA) is 13.1 Å². The van der Waals surface area contributed by atoms with E-state index in [-0.39, 0.29) is 6.71 Å². The van der Waals surface area contributed by atoms with Crippen molar-refractivity contribution >= 4 is 115 Å². The molecule has 5 heterocycles. The van der Waals surface area contributed by atoms with E-state index >= 15 is 0 Å². The van der Waals surface area contributed by atoms with Crippen LogP contribution in [0.2, 0.25) is 0 Å². The molecule has 10 aromatic carbocycles. The minimum atomic E-state index is -0.0353. The third-order valence-electron chi connectivity index (χ3n) is 14.3. The quantitative estimate of drug-likeness (QED) is 0.161. The fourth-order valence-electron chi connectivity index (χ4n) is 11.6. The highest BCUT2D eigenvalue weighted by Gasteiger charge is 2.44. The Balaban J connectivity index is 1.13. The molecule has 65 heavy (non-hydrogen) atoms. The van der Waals surface area contributed by atoms with Crippen LogP contribution in [0.3, 0.4) is 0 Å². The zero-order valence-electron chi connectivity index (χ0n) is 35.1. The molecule has 2 aliphatic rings. The number of aromatic nitrogens is 2. The van der Waals surface area contributed by atoms with Gasteiger partial charge in [0.15, 0.2) is 0 Å². The number of hydrogen-bond donors (Lipinski definition) is 0. The van der Waals surface area contributed by atoms with Crippen molar-refractivity contribution in [2.45, 2.75) is 0 Å². The van der Waals surface area contributed by atoms with E-state index in [1.54, 1.807) is 0 Å². The molecule has 0 fully saturated rings. The summed E-state index contributed by atoms with van der Waals surface area (Å²) in [5, 5.41) is 7.70. The van der Waals surface area contributed by atoms with Gasteiger partial charge < -0.3 is 14.0 Å². The van der Waals surface area contributed by atoms with Crippen molar-refractivity contribution in [1.82, 2.24) is 9.13 Å². The Morgan fingerprint density at radius 2 is 0.985 bits per heavy atom. The van der Waals surface area contributed by atoms with Crippen LogP contribution in [-0.4, -0.2) is 15.8 Å². The molecule has 2 aliphatic heterocycles. The zero-order chi connectivity index (χ0) is 42.3. The highest BCUT2D eigenvalue weighted by molar-refractivity contribution is 7.26. The highest BCUT2D eigenvalue weighted by atomic mass is 32.1. The molecule has 300 valence electrons. The molecule has 3 nitrogen and oxygen atoms in total. The van der Waals surface area contributed by atoms with Crippen molar-refractivity contribution in [1.29, 1.82) is 0 Å². The summed E-state index contributed by atoms with van der Waals surface area (Å²) in [6.45, 7) is -0.0353. The number of fused-ring (bicyclic) bond motifs is 14. The number of hydrogen-bond acceptors (Lipinski definition) is 2. The Hall–Kier alpha value is -8.12. The van der Waals surface area contributed by atoms with E-state index in [1.165, 1.54) is 119 Å². The predicted molar refractivity (Wildman–Crippen MR) is 278 cm³/mol. The molecule has 0 N–H and O–H groups in total. The fraction of sp³-hybridized carbons (Fsp3) is 0. The molecular formula is C60H36BN3S. The van der Waals surface area contributed by atoms with Crippen molar-refractivity contribution in [3.05, 3.63) is 218 Å². The second kappa shape index (κ2) is 13.2. The second-order valence-corrected chi connectivity index (χ2v) is 18.6. The van der Waals surface area contributed by atoms with Crippen LogP contribution < -0.4 is 21.3 Å². The lowest BCUT2D eigenvalue weighted by atomic mass is 9.33. The van der Waals surface area contributed by atoms with Gasteiger partial charge >= 0.3 is 0 Å². The summed E-state index contributed by atoms with van der Waals surface area (Å²) < 4.78 is 7.74. The lowest BCUT2D eigenvalue weighted by Gasteiger charge is -2.41. The van der Waals surface area contributed by atoms with Gasteiger partial charge in [-0.15, -0.1) is 11.3 Å². The van der Waals surface area contributed by atoms with Gasteiger partial charge in [-0.05, 0) is 87.7 Å². The molecule has 0 radical (unpaired) electrons. The van der Waals surface area contributed by atoms with E-state index in [0.29, 0.717) is 0 Å². The van der Waals surface area contributed by atoms with Crippen LogP contribution >= 0.6 is 11.3 Å². The van der Waals surface area contributed by atoms with Crippen LogP contribution in [0.4, 0.5) is 17.1 Å². The van der Waals surface area contributed by atoms with Gasteiger partial charge in [-0.2, -0.15) is 0 Å². The van der Waals surface area contributed by atoms with Gasteiger partial charge in [0.25, 0.3) is 6.71 Å². The minimum Gasteiger partial charge on any atom is -0.311 e. The van der Waals surface area contributed by atoms with Gasteiger partial charge in [0, 0.05) is 65.2 Å². The van der Waals surface area contributed by atoms with E-state index in [2.05, 4.69) is 232 Å². The minimum absolute atomic E-state index is 0.0353. The fourth-order valence-corrected chi connectivity index (χ4v) is 12.8. The summed E-state index contributed by atoms with van der Waals surface area (Å²) in [6, 6.07) is 81.5. The smallest absolute Gasteiger partial charge is 0.252 e. The van der Waals surface area contributed by atoms with E-state index in [9.17, 15) is 0 Å². The lowest BCUT2D eigenvalue weighted by Crippen LogP contribution is -2.60. The van der Waals surface area contributed by atoms with Crippen molar-refractivity contribution in [3.63, 3.8) is 0 Å². The maximum Gasteiger partial charge on any atom is 0.252 e. The summed E-state index contributed by atoms with van der Waals surface area (Å²) >= 11 is 1.93. The monoisotopic (exact) mass is 841 g/mol. The first kappa shape index (κ1) is 35.4. The van der Waals surface area contributed by atoms with Gasteiger partial charge in [-0.25, -0.2) is 0 Å². The summed E-state index contributed by atoms with van der Waals surface area (Å²) in [6.07, 6.45) is 0. The predicted octanol–water partition coefficient (Wildman–Crippen LogP) is 14.2. The SMILES string of the molecule is c1ccc(-c2ccc(-c3ccccc3)c(N3c4ccc(-n5c6ccccc6c6ccccc65)cc4B4c5c3cc3c(sc6ccccc63)c5-n3c5ccccc5c5cccc4c53)c2)cc1. The largest absolute Gasteiger partial charge is 0.311 e. The number of rotatable bonds is 4. The van der Waals surface area contributed by atoms with Crippen LogP contribution in [0.15, 0.2) is 218 Å². The number of para-hydroxylation sites is 4. The van der Waals surface area contributed by atoms with Crippen LogP contribution in [0.5, 0.6) is 0 Å². The maximum absolute atomic E-state index is 2.63. The van der Waals surface area contributed by atoms with Crippen LogP contribution in [0, 0.1) is 0 Å². The summed E-state index contributed by atoms with van der Waals surface area (Å²) in [5.41, 5.74) is 19.8. The molecule has 5 heteroatoms. The first-order valence-electron chi connectivity index (χ1n) is 22.5. The Morgan fingerprint density at radius 3 is 1.72 bits per heavy atom.